The van der Waals surface area contributed by atoms with Crippen LogP contribution >= 0.6 is 0 Å². The van der Waals surface area contributed by atoms with Gasteiger partial charge in [0.2, 0.25) is 0 Å². The van der Waals surface area contributed by atoms with E-state index in [1.54, 1.807) is 30.9 Å². The predicted octanol–water partition coefficient (Wildman–Crippen LogP) is 1.71. The summed E-state index contributed by atoms with van der Waals surface area (Å²) < 4.78 is 0. The van der Waals surface area contributed by atoms with Crippen molar-refractivity contribution in [2.75, 3.05) is 11.4 Å². The number of nitrogens with zero attached hydrogens (tertiary/aromatic N) is 2. The molecule has 0 spiro atoms. The minimum absolute atomic E-state index is 0.195. The number of imide groups is 1. The molecule has 0 radical (unpaired) electrons. The zero-order valence-electron chi connectivity index (χ0n) is 11.5. The summed E-state index contributed by atoms with van der Waals surface area (Å²) in [5.74, 6) is -0.195. The van der Waals surface area contributed by atoms with E-state index in [-0.39, 0.29) is 11.9 Å². The molecule has 102 valence electrons. The SMILES string of the molecule is CCN1C(=O)N(c2ccc(CN)cc2)C(=O)C1(C)C. The van der Waals surface area contributed by atoms with Gasteiger partial charge in [-0.1, -0.05) is 12.1 Å². The zero-order valence-corrected chi connectivity index (χ0v) is 11.5. The number of hydrogen-bond donors (Lipinski definition) is 1. The maximum Gasteiger partial charge on any atom is 0.332 e. The highest BCUT2D eigenvalue weighted by molar-refractivity contribution is 6.22. The fourth-order valence-electron chi connectivity index (χ4n) is 2.38. The molecule has 0 saturated carbocycles. The summed E-state index contributed by atoms with van der Waals surface area (Å²) in [4.78, 5) is 27.5. The van der Waals surface area contributed by atoms with Crippen molar-refractivity contribution in [3.8, 4) is 0 Å². The number of carbonyl (C=O) groups excluding carboxylic acids is 2. The average Bonchev–Trinajstić information content (AvgIpc) is 2.56. The second-order valence-electron chi connectivity index (χ2n) is 5.10. The van der Waals surface area contributed by atoms with E-state index in [1.807, 2.05) is 19.1 Å². The number of rotatable bonds is 3. The van der Waals surface area contributed by atoms with Crippen molar-refractivity contribution in [3.63, 3.8) is 0 Å². The van der Waals surface area contributed by atoms with Crippen LogP contribution in [0.5, 0.6) is 0 Å². The standard InChI is InChI=1S/C14H19N3O2/c1-4-16-13(19)17(12(18)14(16,2)3)11-7-5-10(9-15)6-8-11/h5-8H,4,9,15H2,1-3H3. The van der Waals surface area contributed by atoms with Crippen molar-refractivity contribution in [3.05, 3.63) is 29.8 Å². The van der Waals surface area contributed by atoms with E-state index in [9.17, 15) is 9.59 Å². The van der Waals surface area contributed by atoms with Gasteiger partial charge >= 0.3 is 6.03 Å². The summed E-state index contributed by atoms with van der Waals surface area (Å²) in [6.45, 7) is 6.35. The van der Waals surface area contributed by atoms with Gasteiger partial charge in [-0.15, -0.1) is 0 Å². The third-order valence-corrected chi connectivity index (χ3v) is 3.57. The normalized spacial score (nSPS) is 18.3. The van der Waals surface area contributed by atoms with E-state index in [0.29, 0.717) is 18.8 Å². The van der Waals surface area contributed by atoms with Crippen LogP contribution in [-0.2, 0) is 11.3 Å². The molecule has 1 aromatic carbocycles. The van der Waals surface area contributed by atoms with Gasteiger partial charge in [0.05, 0.1) is 5.69 Å². The van der Waals surface area contributed by atoms with Crippen LogP contribution in [0.3, 0.4) is 0 Å². The zero-order chi connectivity index (χ0) is 14.2. The van der Waals surface area contributed by atoms with Crippen LogP contribution in [0.2, 0.25) is 0 Å². The van der Waals surface area contributed by atoms with E-state index in [1.165, 1.54) is 4.90 Å². The molecular formula is C14H19N3O2. The molecule has 2 N–H and O–H groups in total. The van der Waals surface area contributed by atoms with E-state index >= 15 is 0 Å². The van der Waals surface area contributed by atoms with Gasteiger partial charge in [-0.2, -0.15) is 0 Å². The molecule has 0 atom stereocenters. The highest BCUT2D eigenvalue weighted by Crippen LogP contribution is 2.31. The summed E-state index contributed by atoms with van der Waals surface area (Å²) in [5, 5.41) is 0. The van der Waals surface area contributed by atoms with Gasteiger partial charge in [0.25, 0.3) is 5.91 Å². The van der Waals surface area contributed by atoms with Crippen molar-refractivity contribution in [1.82, 2.24) is 4.90 Å². The molecule has 1 aliphatic heterocycles. The Morgan fingerprint density at radius 1 is 1.16 bits per heavy atom. The number of nitrogens with two attached hydrogens (primary N) is 1. The molecule has 1 aromatic rings. The van der Waals surface area contributed by atoms with Gasteiger partial charge in [-0.25, -0.2) is 9.69 Å². The van der Waals surface area contributed by atoms with Crippen LogP contribution in [0.15, 0.2) is 24.3 Å². The van der Waals surface area contributed by atoms with Gasteiger partial charge in [0, 0.05) is 13.1 Å². The largest absolute Gasteiger partial charge is 0.332 e. The summed E-state index contributed by atoms with van der Waals surface area (Å²) in [7, 11) is 0. The molecule has 1 aliphatic rings. The molecule has 3 amide bonds. The monoisotopic (exact) mass is 261 g/mol. The van der Waals surface area contributed by atoms with Crippen LogP contribution in [0.25, 0.3) is 0 Å². The van der Waals surface area contributed by atoms with Crippen LogP contribution in [-0.4, -0.2) is 28.9 Å². The second-order valence-corrected chi connectivity index (χ2v) is 5.10. The van der Waals surface area contributed by atoms with Crippen LogP contribution in [0, 0.1) is 0 Å². The van der Waals surface area contributed by atoms with Gasteiger partial charge in [0.15, 0.2) is 0 Å². The van der Waals surface area contributed by atoms with Crippen molar-refractivity contribution >= 4 is 17.6 Å². The molecule has 0 aliphatic carbocycles. The third-order valence-electron chi connectivity index (χ3n) is 3.57. The molecule has 5 heteroatoms. The second kappa shape index (κ2) is 4.66. The third kappa shape index (κ3) is 2.00. The minimum atomic E-state index is -0.793. The fourth-order valence-corrected chi connectivity index (χ4v) is 2.38. The number of anilines is 1. The lowest BCUT2D eigenvalue weighted by Crippen LogP contribution is -2.43. The molecular weight excluding hydrogens is 242 g/mol. The van der Waals surface area contributed by atoms with Gasteiger partial charge in [0.1, 0.15) is 5.54 Å². The van der Waals surface area contributed by atoms with Crippen LogP contribution in [0.1, 0.15) is 26.3 Å². The molecule has 1 saturated heterocycles. The Bertz CT molecular complexity index is 508. The molecule has 0 bridgehead atoms. The van der Waals surface area contributed by atoms with Crippen molar-refractivity contribution in [2.45, 2.75) is 32.9 Å². The van der Waals surface area contributed by atoms with Gasteiger partial charge in [-0.3, -0.25) is 4.79 Å². The van der Waals surface area contributed by atoms with Crippen molar-refractivity contribution in [2.24, 2.45) is 5.73 Å². The molecule has 2 rings (SSSR count). The first-order valence-electron chi connectivity index (χ1n) is 6.38. The number of carbonyl (C=O) groups is 2. The average molecular weight is 261 g/mol. The molecule has 19 heavy (non-hydrogen) atoms. The Kier molecular flexibility index (Phi) is 3.32. The number of likely N-dealkylation sites (N-methyl/N-ethyl adjacent to an activating group) is 1. The highest BCUT2D eigenvalue weighted by atomic mass is 16.2. The lowest BCUT2D eigenvalue weighted by Gasteiger charge is -2.25. The van der Waals surface area contributed by atoms with Crippen LogP contribution < -0.4 is 10.6 Å². The quantitative estimate of drug-likeness (QED) is 0.842. The molecule has 1 heterocycles. The van der Waals surface area contributed by atoms with Crippen molar-refractivity contribution in [1.29, 1.82) is 0 Å². The molecule has 0 aromatic heterocycles. The van der Waals surface area contributed by atoms with Crippen molar-refractivity contribution < 1.29 is 9.59 Å². The first kappa shape index (κ1) is 13.5. The van der Waals surface area contributed by atoms with E-state index < -0.39 is 5.54 Å². The van der Waals surface area contributed by atoms with Gasteiger partial charge in [-0.05, 0) is 38.5 Å². The topological polar surface area (TPSA) is 66.6 Å². The predicted molar refractivity (Wildman–Crippen MR) is 73.7 cm³/mol. The Hall–Kier alpha value is -1.88. The van der Waals surface area contributed by atoms with E-state index in [2.05, 4.69) is 0 Å². The lowest BCUT2D eigenvalue weighted by atomic mass is 10.0. The van der Waals surface area contributed by atoms with Crippen LogP contribution in [0.4, 0.5) is 10.5 Å². The number of hydrogen-bond acceptors (Lipinski definition) is 3. The number of benzene rings is 1. The summed E-state index contributed by atoms with van der Waals surface area (Å²) >= 11 is 0. The maximum absolute atomic E-state index is 12.4. The Labute approximate surface area is 113 Å². The minimum Gasteiger partial charge on any atom is -0.326 e. The number of amides is 3. The lowest BCUT2D eigenvalue weighted by molar-refractivity contribution is -0.123. The fraction of sp³-hybridized carbons (Fsp3) is 0.429. The maximum atomic E-state index is 12.4. The molecule has 1 fully saturated rings. The molecule has 5 nitrogen and oxygen atoms in total. The van der Waals surface area contributed by atoms with Gasteiger partial charge < -0.3 is 10.6 Å². The van der Waals surface area contributed by atoms with E-state index in [0.717, 1.165) is 5.56 Å². The smallest absolute Gasteiger partial charge is 0.326 e. The number of urea groups is 1. The van der Waals surface area contributed by atoms with E-state index in [4.69, 9.17) is 5.73 Å². The summed E-state index contributed by atoms with van der Waals surface area (Å²) in [5.41, 5.74) is 6.31. The first-order valence-corrected chi connectivity index (χ1v) is 6.38. The Morgan fingerprint density at radius 3 is 2.16 bits per heavy atom. The molecule has 0 unspecified atom stereocenters. The summed E-state index contributed by atoms with van der Waals surface area (Å²) in [6.07, 6.45) is 0. The first-order chi connectivity index (χ1) is 8.93. The Balaban J connectivity index is 2.39. The summed E-state index contributed by atoms with van der Waals surface area (Å²) in [6, 6.07) is 6.91. The Morgan fingerprint density at radius 2 is 1.74 bits per heavy atom. The highest BCUT2D eigenvalue weighted by Gasteiger charge is 2.50.